The van der Waals surface area contributed by atoms with Crippen LogP contribution in [0.3, 0.4) is 0 Å². The van der Waals surface area contributed by atoms with Gasteiger partial charge in [0.1, 0.15) is 0 Å². The van der Waals surface area contributed by atoms with Gasteiger partial charge in [-0.15, -0.1) is 0 Å². The molecular formula is C6H11NO2. The Morgan fingerprint density at radius 2 is 2.33 bits per heavy atom. The average Bonchev–Trinajstić information content (AvgIpc) is 2.49. The Kier molecular flexibility index (Phi) is 1.45. The van der Waals surface area contributed by atoms with Crippen LogP contribution in [-0.4, -0.2) is 24.7 Å². The summed E-state index contributed by atoms with van der Waals surface area (Å²) in [6, 6.07) is 0. The molecule has 1 aliphatic carbocycles. The van der Waals surface area contributed by atoms with Crippen LogP contribution in [0.25, 0.3) is 0 Å². The highest BCUT2D eigenvalue weighted by molar-refractivity contribution is 5.78. The van der Waals surface area contributed by atoms with E-state index in [0.29, 0.717) is 6.54 Å². The van der Waals surface area contributed by atoms with Gasteiger partial charge in [-0.05, 0) is 19.9 Å². The molecule has 1 fully saturated rings. The number of nitrogens with one attached hydrogen (secondary N) is 1. The molecule has 3 heteroatoms. The van der Waals surface area contributed by atoms with Gasteiger partial charge in [-0.25, -0.2) is 0 Å². The Balaban J connectivity index is 2.43. The topological polar surface area (TPSA) is 49.3 Å². The molecule has 0 bridgehead atoms. The second-order valence-corrected chi connectivity index (χ2v) is 2.62. The van der Waals surface area contributed by atoms with Gasteiger partial charge in [0.25, 0.3) is 0 Å². The zero-order valence-electron chi connectivity index (χ0n) is 5.48. The van der Waals surface area contributed by atoms with Gasteiger partial charge in [-0.2, -0.15) is 0 Å². The van der Waals surface area contributed by atoms with Crippen LogP contribution in [0.5, 0.6) is 0 Å². The van der Waals surface area contributed by atoms with Crippen molar-refractivity contribution in [1.82, 2.24) is 5.32 Å². The van der Waals surface area contributed by atoms with Crippen molar-refractivity contribution >= 4 is 5.97 Å². The van der Waals surface area contributed by atoms with E-state index in [9.17, 15) is 4.79 Å². The second kappa shape index (κ2) is 1.99. The Morgan fingerprint density at radius 3 is 2.44 bits per heavy atom. The fourth-order valence-corrected chi connectivity index (χ4v) is 0.956. The van der Waals surface area contributed by atoms with Gasteiger partial charge >= 0.3 is 5.97 Å². The molecule has 0 aromatic carbocycles. The molecule has 0 aliphatic heterocycles. The molecule has 3 nitrogen and oxygen atoms in total. The predicted molar refractivity (Wildman–Crippen MR) is 33.2 cm³/mol. The summed E-state index contributed by atoms with van der Waals surface area (Å²) in [5.41, 5.74) is -0.394. The standard InChI is InChI=1S/C6H11NO2/c1-7-4-6(2-3-6)5(8)9/h7H,2-4H2,1H3,(H,8,9). The first-order valence-corrected chi connectivity index (χ1v) is 3.09. The van der Waals surface area contributed by atoms with Gasteiger partial charge in [-0.3, -0.25) is 4.79 Å². The number of carboxylic acids is 1. The molecule has 0 amide bonds. The second-order valence-electron chi connectivity index (χ2n) is 2.62. The number of carbonyl (C=O) groups is 1. The summed E-state index contributed by atoms with van der Waals surface area (Å²) in [6.45, 7) is 0.613. The molecule has 0 saturated heterocycles. The SMILES string of the molecule is CNCC1(C(=O)O)CC1. The molecule has 1 aliphatic rings. The van der Waals surface area contributed by atoms with E-state index in [-0.39, 0.29) is 0 Å². The predicted octanol–water partition coefficient (Wildman–Crippen LogP) is 0.0706. The molecular weight excluding hydrogens is 118 g/mol. The molecule has 0 heterocycles. The van der Waals surface area contributed by atoms with Crippen molar-refractivity contribution in [3.8, 4) is 0 Å². The Bertz CT molecular complexity index is 129. The van der Waals surface area contributed by atoms with Gasteiger partial charge < -0.3 is 10.4 Å². The van der Waals surface area contributed by atoms with Crippen molar-refractivity contribution in [1.29, 1.82) is 0 Å². The lowest BCUT2D eigenvalue weighted by molar-refractivity contribution is -0.143. The van der Waals surface area contributed by atoms with Crippen LogP contribution < -0.4 is 5.32 Å². The molecule has 0 atom stereocenters. The third kappa shape index (κ3) is 1.05. The zero-order valence-corrected chi connectivity index (χ0v) is 5.48. The average molecular weight is 129 g/mol. The Hall–Kier alpha value is -0.570. The van der Waals surface area contributed by atoms with E-state index in [0.717, 1.165) is 12.8 Å². The number of carboxylic acid groups (broad SMARTS) is 1. The molecule has 0 aromatic heterocycles. The molecule has 1 saturated carbocycles. The Morgan fingerprint density at radius 1 is 1.78 bits per heavy atom. The summed E-state index contributed by atoms with van der Waals surface area (Å²) in [6.07, 6.45) is 1.67. The maximum absolute atomic E-state index is 10.4. The van der Waals surface area contributed by atoms with Crippen LogP contribution in [0.15, 0.2) is 0 Å². The lowest BCUT2D eigenvalue weighted by Crippen LogP contribution is -2.27. The van der Waals surface area contributed by atoms with Crippen LogP contribution >= 0.6 is 0 Å². The maximum atomic E-state index is 10.4. The minimum Gasteiger partial charge on any atom is -0.481 e. The molecule has 0 spiro atoms. The van der Waals surface area contributed by atoms with Crippen molar-refractivity contribution < 1.29 is 9.90 Å². The van der Waals surface area contributed by atoms with Crippen LogP contribution in [0.1, 0.15) is 12.8 Å². The van der Waals surface area contributed by atoms with Crippen LogP contribution in [0, 0.1) is 5.41 Å². The normalized spacial score (nSPS) is 21.4. The highest BCUT2D eigenvalue weighted by Crippen LogP contribution is 2.44. The van der Waals surface area contributed by atoms with E-state index in [4.69, 9.17) is 5.11 Å². The number of hydrogen-bond donors (Lipinski definition) is 2. The molecule has 1 rings (SSSR count). The summed E-state index contributed by atoms with van der Waals surface area (Å²) in [5.74, 6) is -0.656. The van der Waals surface area contributed by atoms with Gasteiger partial charge in [-0.1, -0.05) is 0 Å². The van der Waals surface area contributed by atoms with Crippen molar-refractivity contribution in [3.05, 3.63) is 0 Å². The van der Waals surface area contributed by atoms with Gasteiger partial charge in [0.2, 0.25) is 0 Å². The quantitative estimate of drug-likeness (QED) is 0.567. The first-order chi connectivity index (χ1) is 4.21. The van der Waals surface area contributed by atoms with E-state index in [1.54, 1.807) is 7.05 Å². The summed E-state index contributed by atoms with van der Waals surface area (Å²) < 4.78 is 0. The Labute approximate surface area is 54.1 Å². The van der Waals surface area contributed by atoms with Gasteiger partial charge in [0, 0.05) is 6.54 Å². The molecule has 0 radical (unpaired) electrons. The smallest absolute Gasteiger partial charge is 0.310 e. The van der Waals surface area contributed by atoms with Crippen molar-refractivity contribution in [2.24, 2.45) is 5.41 Å². The first kappa shape index (κ1) is 6.55. The van der Waals surface area contributed by atoms with E-state index in [2.05, 4.69) is 5.32 Å². The third-order valence-corrected chi connectivity index (χ3v) is 1.82. The number of hydrogen-bond acceptors (Lipinski definition) is 2. The number of rotatable bonds is 3. The van der Waals surface area contributed by atoms with Crippen molar-refractivity contribution in [3.63, 3.8) is 0 Å². The highest BCUT2D eigenvalue weighted by atomic mass is 16.4. The lowest BCUT2D eigenvalue weighted by atomic mass is 10.1. The lowest BCUT2D eigenvalue weighted by Gasteiger charge is -2.06. The molecule has 52 valence electrons. The van der Waals surface area contributed by atoms with Gasteiger partial charge in [0.15, 0.2) is 0 Å². The van der Waals surface area contributed by atoms with E-state index >= 15 is 0 Å². The number of aliphatic carboxylic acids is 1. The largest absolute Gasteiger partial charge is 0.481 e. The minimum atomic E-state index is -0.656. The van der Waals surface area contributed by atoms with Gasteiger partial charge in [0.05, 0.1) is 5.41 Å². The van der Waals surface area contributed by atoms with E-state index in [1.165, 1.54) is 0 Å². The molecule has 2 N–H and O–H groups in total. The summed E-state index contributed by atoms with van der Waals surface area (Å²) in [5, 5.41) is 11.5. The summed E-state index contributed by atoms with van der Waals surface area (Å²) in [4.78, 5) is 10.4. The van der Waals surface area contributed by atoms with Crippen LogP contribution in [0.2, 0.25) is 0 Å². The van der Waals surface area contributed by atoms with Crippen LogP contribution in [0.4, 0.5) is 0 Å². The maximum Gasteiger partial charge on any atom is 0.310 e. The van der Waals surface area contributed by atoms with E-state index in [1.807, 2.05) is 0 Å². The minimum absolute atomic E-state index is 0.394. The first-order valence-electron chi connectivity index (χ1n) is 3.09. The van der Waals surface area contributed by atoms with E-state index < -0.39 is 11.4 Å². The fraction of sp³-hybridized carbons (Fsp3) is 0.833. The summed E-state index contributed by atoms with van der Waals surface area (Å²) in [7, 11) is 1.78. The van der Waals surface area contributed by atoms with Crippen molar-refractivity contribution in [2.45, 2.75) is 12.8 Å². The monoisotopic (exact) mass is 129 g/mol. The molecule has 0 aromatic rings. The molecule has 9 heavy (non-hydrogen) atoms. The highest BCUT2D eigenvalue weighted by Gasteiger charge is 2.49. The van der Waals surface area contributed by atoms with Crippen molar-refractivity contribution in [2.75, 3.05) is 13.6 Å². The molecule has 0 unspecified atom stereocenters. The third-order valence-electron chi connectivity index (χ3n) is 1.82. The summed E-state index contributed by atoms with van der Waals surface area (Å²) >= 11 is 0. The van der Waals surface area contributed by atoms with Crippen LogP contribution in [-0.2, 0) is 4.79 Å². The fourth-order valence-electron chi connectivity index (χ4n) is 0.956. The zero-order chi connectivity index (χ0) is 6.91.